The Morgan fingerprint density at radius 2 is 1.71 bits per heavy atom. The number of unbranched alkanes of at least 4 members (excludes halogenated alkanes) is 1. The number of sulfone groups is 1. The van der Waals surface area contributed by atoms with Crippen LogP contribution in [0, 0.1) is 5.92 Å². The van der Waals surface area contributed by atoms with Crippen molar-refractivity contribution in [2.45, 2.75) is 61.6 Å². The topological polar surface area (TPSA) is 127 Å². The highest BCUT2D eigenvalue weighted by Crippen LogP contribution is 2.49. The lowest BCUT2D eigenvalue weighted by Crippen LogP contribution is -2.67. The van der Waals surface area contributed by atoms with Gasteiger partial charge in [-0.15, -0.1) is 0 Å². The van der Waals surface area contributed by atoms with Crippen LogP contribution in [-0.4, -0.2) is 61.3 Å². The fraction of sp³-hybridized carbons (Fsp3) is 0.448. The summed E-state index contributed by atoms with van der Waals surface area (Å²) in [6.07, 6.45) is 3.06. The van der Waals surface area contributed by atoms with E-state index in [0.717, 1.165) is 18.4 Å². The maximum absolute atomic E-state index is 13.5. The number of hydrogen-bond acceptors (Lipinski definition) is 7. The number of fused-ring (bicyclic) bond motifs is 1. The lowest BCUT2D eigenvalue weighted by molar-refractivity contribution is -0.150. The summed E-state index contributed by atoms with van der Waals surface area (Å²) in [5.74, 6) is -0.675. The third kappa shape index (κ3) is 6.44. The van der Waals surface area contributed by atoms with E-state index in [-0.39, 0.29) is 41.9 Å². The predicted octanol–water partition coefficient (Wildman–Crippen LogP) is 4.17. The van der Waals surface area contributed by atoms with E-state index in [1.165, 1.54) is 29.2 Å². The molecule has 5 rings (SSSR count). The summed E-state index contributed by atoms with van der Waals surface area (Å²) in [7, 11) is -4.12. The van der Waals surface area contributed by atoms with Gasteiger partial charge in [-0.1, -0.05) is 36.5 Å². The van der Waals surface area contributed by atoms with Crippen molar-refractivity contribution >= 4 is 56.4 Å². The zero-order valence-electron chi connectivity index (χ0n) is 22.7. The number of Topliss-reactive ketones (excluding diaryl/α,β-unsaturated/α-hetero) is 2. The van der Waals surface area contributed by atoms with Gasteiger partial charge in [-0.2, -0.15) is 0 Å². The summed E-state index contributed by atoms with van der Waals surface area (Å²) >= 11 is 12.1. The molecule has 0 radical (unpaired) electrons. The molecule has 2 amide bonds. The van der Waals surface area contributed by atoms with Crippen LogP contribution in [0.2, 0.25) is 10.0 Å². The molecule has 0 saturated carbocycles. The third-order valence-electron chi connectivity index (χ3n) is 7.46. The van der Waals surface area contributed by atoms with Crippen LogP contribution in [0.25, 0.3) is 0 Å². The molecule has 0 spiro atoms. The van der Waals surface area contributed by atoms with Crippen molar-refractivity contribution in [2.24, 2.45) is 5.92 Å². The normalized spacial score (nSPS) is 22.2. The molecule has 2 aromatic carbocycles. The lowest BCUT2D eigenvalue weighted by Gasteiger charge is -2.44. The third-order valence-corrected chi connectivity index (χ3v) is 10.3. The van der Waals surface area contributed by atoms with E-state index in [1.807, 2.05) is 0 Å². The molecule has 3 aliphatic heterocycles. The highest BCUT2D eigenvalue weighted by molar-refractivity contribution is 7.93. The fourth-order valence-corrected chi connectivity index (χ4v) is 7.60. The van der Waals surface area contributed by atoms with Crippen LogP contribution in [0.3, 0.4) is 0 Å². The smallest absolute Gasteiger partial charge is 0.228 e. The summed E-state index contributed by atoms with van der Waals surface area (Å²) in [5.41, 5.74) is 0.723. The molecule has 0 aliphatic carbocycles. The average molecular weight is 624 g/mol. The number of halogens is 2. The molecule has 3 fully saturated rings. The van der Waals surface area contributed by atoms with E-state index >= 15 is 0 Å². The first-order chi connectivity index (χ1) is 19.5. The molecule has 1 N–H and O–H groups in total. The Hall–Kier alpha value is -2.95. The summed E-state index contributed by atoms with van der Waals surface area (Å²) < 4.78 is 32.8. The summed E-state index contributed by atoms with van der Waals surface area (Å²) in [5, 5.41) is 3.50. The van der Waals surface area contributed by atoms with E-state index in [2.05, 4.69) is 12.2 Å². The van der Waals surface area contributed by atoms with Crippen LogP contribution in [0.15, 0.2) is 47.4 Å². The number of ketones is 2. The first-order valence-corrected chi connectivity index (χ1v) is 15.8. The second kappa shape index (κ2) is 12.9. The van der Waals surface area contributed by atoms with E-state index in [9.17, 15) is 27.6 Å². The second-order valence-corrected chi connectivity index (χ2v) is 13.3. The van der Waals surface area contributed by atoms with Crippen LogP contribution in [0.5, 0.6) is 5.75 Å². The first kappa shape index (κ1) is 31.0. The van der Waals surface area contributed by atoms with Crippen molar-refractivity contribution in [3.8, 4) is 5.75 Å². The van der Waals surface area contributed by atoms with E-state index in [1.54, 1.807) is 18.2 Å². The van der Waals surface area contributed by atoms with Gasteiger partial charge in [0.1, 0.15) is 11.5 Å². The maximum Gasteiger partial charge on any atom is 0.228 e. The molecule has 2 atom stereocenters. The van der Waals surface area contributed by atoms with Crippen molar-refractivity contribution in [3.05, 3.63) is 58.1 Å². The van der Waals surface area contributed by atoms with Crippen molar-refractivity contribution in [2.75, 3.05) is 19.7 Å². The van der Waals surface area contributed by atoms with E-state index in [4.69, 9.17) is 27.9 Å². The Balaban J connectivity index is 0.000000367. The SMILES string of the molecule is CCCCOc1ccc(Cl)cc1CC1CN2C(=O)CC2(S(=O)(=O)c2ccc(Cl)cc2)C1=O.O=C1CCNC(=O)CC1. The zero-order valence-corrected chi connectivity index (χ0v) is 25.0. The maximum atomic E-state index is 13.5. The number of nitrogens with one attached hydrogen (secondary N) is 1. The molecule has 3 aliphatic rings. The highest BCUT2D eigenvalue weighted by Gasteiger charge is 2.70. The molecule has 220 valence electrons. The van der Waals surface area contributed by atoms with Crippen LogP contribution in [-0.2, 0) is 35.4 Å². The van der Waals surface area contributed by atoms with Gasteiger partial charge in [0.25, 0.3) is 0 Å². The minimum Gasteiger partial charge on any atom is -0.493 e. The van der Waals surface area contributed by atoms with Gasteiger partial charge in [0.15, 0.2) is 5.78 Å². The van der Waals surface area contributed by atoms with Gasteiger partial charge in [-0.25, -0.2) is 8.42 Å². The van der Waals surface area contributed by atoms with Gasteiger partial charge in [0, 0.05) is 48.3 Å². The van der Waals surface area contributed by atoms with Crippen molar-refractivity contribution in [1.82, 2.24) is 10.2 Å². The molecule has 2 unspecified atom stereocenters. The molecular formula is C29H32Cl2N2O7S. The fourth-order valence-electron chi connectivity index (χ4n) is 5.18. The number of amides is 2. The standard InChI is InChI=1S/C23H23Cl2NO5S.C6H9NO2/c1-2-3-10-31-20-9-6-18(25)12-15(20)11-16-14-26-21(27)13-23(26,22(16)28)32(29,30)19-7-4-17(24)5-8-19;8-5-1-2-6(9)7-4-3-5/h4-9,12,16H,2-3,10-11,13-14H2,1H3;1-4H2,(H,7,9). The molecule has 0 bridgehead atoms. The largest absolute Gasteiger partial charge is 0.493 e. The number of ether oxygens (including phenoxy) is 1. The van der Waals surface area contributed by atoms with E-state index < -0.39 is 26.4 Å². The lowest BCUT2D eigenvalue weighted by atomic mass is 9.92. The number of carbonyl (C=O) groups is 4. The van der Waals surface area contributed by atoms with Crippen LogP contribution >= 0.6 is 23.2 Å². The van der Waals surface area contributed by atoms with Crippen LogP contribution in [0.1, 0.15) is 51.0 Å². The predicted molar refractivity (Wildman–Crippen MR) is 154 cm³/mol. The number of carbonyl (C=O) groups excluding carboxylic acids is 4. The molecule has 41 heavy (non-hydrogen) atoms. The first-order valence-electron chi connectivity index (χ1n) is 13.5. The molecule has 3 heterocycles. The minimum absolute atomic E-state index is 0.000787. The Morgan fingerprint density at radius 1 is 1.00 bits per heavy atom. The molecule has 0 aromatic heterocycles. The number of hydrogen-bond donors (Lipinski definition) is 1. The summed E-state index contributed by atoms with van der Waals surface area (Å²) in [6, 6.07) is 10.8. The minimum atomic E-state index is -4.12. The average Bonchev–Trinajstić information content (AvgIpc) is 3.02. The van der Waals surface area contributed by atoms with Gasteiger partial charge < -0.3 is 15.0 Å². The summed E-state index contributed by atoms with van der Waals surface area (Å²) in [6.45, 7) is 3.16. The Kier molecular flexibility index (Phi) is 9.77. The Labute approximate surface area is 249 Å². The Bertz CT molecular complexity index is 1430. The van der Waals surface area contributed by atoms with Gasteiger partial charge >= 0.3 is 0 Å². The number of benzene rings is 2. The zero-order chi connectivity index (χ0) is 29.8. The molecular weight excluding hydrogens is 591 g/mol. The second-order valence-electron chi connectivity index (χ2n) is 10.3. The molecule has 3 saturated heterocycles. The molecule has 12 heteroatoms. The monoisotopic (exact) mass is 622 g/mol. The quantitative estimate of drug-likeness (QED) is 0.346. The summed E-state index contributed by atoms with van der Waals surface area (Å²) in [4.78, 5) is 46.4. The van der Waals surface area contributed by atoms with Crippen molar-refractivity contribution in [1.29, 1.82) is 0 Å². The highest BCUT2D eigenvalue weighted by atomic mass is 35.5. The van der Waals surface area contributed by atoms with Crippen LogP contribution in [0.4, 0.5) is 0 Å². The Morgan fingerprint density at radius 3 is 2.39 bits per heavy atom. The number of nitrogens with zero attached hydrogens (tertiary/aromatic N) is 1. The molecule has 9 nitrogen and oxygen atoms in total. The van der Waals surface area contributed by atoms with Crippen molar-refractivity contribution in [3.63, 3.8) is 0 Å². The van der Waals surface area contributed by atoms with Crippen LogP contribution < -0.4 is 10.1 Å². The van der Waals surface area contributed by atoms with Gasteiger partial charge in [0.05, 0.1) is 17.9 Å². The van der Waals surface area contributed by atoms with Gasteiger partial charge in [0.2, 0.25) is 26.5 Å². The molecule has 2 aromatic rings. The van der Waals surface area contributed by atoms with E-state index in [0.29, 0.717) is 48.2 Å². The number of β-lactam (4-membered cyclic amide) rings is 1. The number of rotatable bonds is 8. The van der Waals surface area contributed by atoms with Crippen molar-refractivity contribution < 1.29 is 32.3 Å². The van der Waals surface area contributed by atoms with Gasteiger partial charge in [-0.05, 0) is 60.9 Å². The van der Waals surface area contributed by atoms with Gasteiger partial charge in [-0.3, -0.25) is 19.2 Å².